The summed E-state index contributed by atoms with van der Waals surface area (Å²) < 4.78 is 34.5. The third kappa shape index (κ3) is 5.23. The van der Waals surface area contributed by atoms with Gasteiger partial charge in [0, 0.05) is 11.3 Å². The molecule has 2 aromatic rings. The molecule has 0 spiro atoms. The highest BCUT2D eigenvalue weighted by atomic mass is 32.2. The third-order valence-electron chi connectivity index (χ3n) is 4.82. The molecule has 0 atom stereocenters. The number of thiophene rings is 1. The van der Waals surface area contributed by atoms with Crippen LogP contribution >= 0.6 is 11.3 Å². The van der Waals surface area contributed by atoms with Crippen LogP contribution in [-0.2, 0) is 32.2 Å². The van der Waals surface area contributed by atoms with E-state index in [1.807, 2.05) is 0 Å². The lowest BCUT2D eigenvalue weighted by molar-refractivity contribution is -0.115. The quantitative estimate of drug-likeness (QED) is 0.642. The van der Waals surface area contributed by atoms with Gasteiger partial charge >= 0.3 is 6.09 Å². The fourth-order valence-electron chi connectivity index (χ4n) is 3.26. The minimum absolute atomic E-state index is 0.0920. The van der Waals surface area contributed by atoms with Crippen LogP contribution in [-0.4, -0.2) is 46.3 Å². The number of alkyl carbamates (subject to hydrolysis) is 1. The van der Waals surface area contributed by atoms with Gasteiger partial charge in [-0.2, -0.15) is 0 Å². The van der Waals surface area contributed by atoms with Crippen LogP contribution in [0.4, 0.5) is 9.80 Å². The standard InChI is InChI=1S/C20H22N2O7S2/c1-28-12-6-8-13(9-7-12)31(26,27)11-10-16(23)21-19-17(18(24)22-20(25)29-2)14-4-3-5-15(14)30-19/h6-9H,3-5,10-11H2,1-2H3,(H,21,23)(H,22,24,25). The Morgan fingerprint density at radius 3 is 2.45 bits per heavy atom. The average Bonchev–Trinajstić information content (AvgIpc) is 3.33. The summed E-state index contributed by atoms with van der Waals surface area (Å²) in [6, 6.07) is 5.91. The summed E-state index contributed by atoms with van der Waals surface area (Å²) >= 11 is 1.27. The fourth-order valence-corrected chi connectivity index (χ4v) is 5.80. The Labute approximate surface area is 183 Å². The maximum Gasteiger partial charge on any atom is 0.413 e. The van der Waals surface area contributed by atoms with Crippen molar-refractivity contribution in [3.63, 3.8) is 0 Å². The predicted molar refractivity (Wildman–Crippen MR) is 115 cm³/mol. The minimum atomic E-state index is -3.67. The zero-order valence-corrected chi connectivity index (χ0v) is 18.7. The third-order valence-corrected chi connectivity index (χ3v) is 7.76. The molecule has 0 saturated heterocycles. The number of anilines is 1. The Hall–Kier alpha value is -2.92. The molecule has 3 rings (SSSR count). The van der Waals surface area contributed by atoms with Gasteiger partial charge in [-0.25, -0.2) is 13.2 Å². The van der Waals surface area contributed by atoms with Gasteiger partial charge in [0.1, 0.15) is 10.8 Å². The molecule has 11 heteroatoms. The number of rotatable bonds is 7. The van der Waals surface area contributed by atoms with Gasteiger partial charge in [0.2, 0.25) is 5.91 Å². The van der Waals surface area contributed by atoms with Gasteiger partial charge in [-0.05, 0) is 49.1 Å². The number of fused-ring (bicyclic) bond motifs is 1. The smallest absolute Gasteiger partial charge is 0.413 e. The zero-order valence-electron chi connectivity index (χ0n) is 17.0. The van der Waals surface area contributed by atoms with Crippen molar-refractivity contribution in [3.8, 4) is 5.75 Å². The average molecular weight is 467 g/mol. The van der Waals surface area contributed by atoms with Gasteiger partial charge in [-0.3, -0.25) is 14.9 Å². The van der Waals surface area contributed by atoms with Gasteiger partial charge in [-0.1, -0.05) is 0 Å². The SMILES string of the molecule is COC(=O)NC(=O)c1c(NC(=O)CCS(=O)(=O)c2ccc(OC)cc2)sc2c1CCC2. The van der Waals surface area contributed by atoms with Crippen molar-refractivity contribution in [3.05, 3.63) is 40.3 Å². The van der Waals surface area contributed by atoms with Gasteiger partial charge in [0.25, 0.3) is 5.91 Å². The molecule has 1 aromatic carbocycles. The summed E-state index contributed by atoms with van der Waals surface area (Å²) in [5.74, 6) is -1.06. The van der Waals surface area contributed by atoms with Gasteiger partial charge in [0.15, 0.2) is 9.84 Å². The number of carbonyl (C=O) groups excluding carboxylic acids is 3. The molecule has 0 radical (unpaired) electrons. The fraction of sp³-hybridized carbons (Fsp3) is 0.350. The molecular formula is C20H22N2O7S2. The molecule has 0 aliphatic heterocycles. The minimum Gasteiger partial charge on any atom is -0.497 e. The molecular weight excluding hydrogens is 444 g/mol. The van der Waals surface area contributed by atoms with Crippen molar-refractivity contribution >= 4 is 44.1 Å². The number of hydrogen-bond donors (Lipinski definition) is 2. The van der Waals surface area contributed by atoms with Gasteiger partial charge in [-0.15, -0.1) is 11.3 Å². The van der Waals surface area contributed by atoms with Crippen LogP contribution < -0.4 is 15.4 Å². The first kappa shape index (κ1) is 22.8. The van der Waals surface area contributed by atoms with E-state index in [4.69, 9.17) is 4.74 Å². The summed E-state index contributed by atoms with van der Waals surface area (Å²) in [6.45, 7) is 0. The van der Waals surface area contributed by atoms with E-state index in [1.165, 1.54) is 42.7 Å². The summed E-state index contributed by atoms with van der Waals surface area (Å²) in [5.41, 5.74) is 1.03. The molecule has 1 aromatic heterocycles. The van der Waals surface area contributed by atoms with Crippen LogP contribution in [0, 0.1) is 0 Å². The number of benzene rings is 1. The van der Waals surface area contributed by atoms with Gasteiger partial charge < -0.3 is 14.8 Å². The Kier molecular flexibility index (Phi) is 6.96. The number of nitrogens with one attached hydrogen (secondary N) is 2. The molecule has 1 aliphatic rings. The highest BCUT2D eigenvalue weighted by Crippen LogP contribution is 2.39. The van der Waals surface area contributed by atoms with Crippen LogP contribution in [0.1, 0.15) is 33.6 Å². The Morgan fingerprint density at radius 1 is 1.10 bits per heavy atom. The van der Waals surface area contributed by atoms with E-state index in [-0.39, 0.29) is 22.6 Å². The van der Waals surface area contributed by atoms with Gasteiger partial charge in [0.05, 0.1) is 30.4 Å². The van der Waals surface area contributed by atoms with Crippen molar-refractivity contribution in [2.24, 2.45) is 0 Å². The van der Waals surface area contributed by atoms with Crippen LogP contribution in [0.25, 0.3) is 0 Å². The van der Waals surface area contributed by atoms with Crippen LogP contribution in [0.15, 0.2) is 29.2 Å². The maximum atomic E-state index is 12.5. The Bertz CT molecular complexity index is 1110. The van der Waals surface area contributed by atoms with Crippen LogP contribution in [0.5, 0.6) is 5.75 Å². The van der Waals surface area contributed by atoms with E-state index >= 15 is 0 Å². The lowest BCUT2D eigenvalue weighted by Gasteiger charge is -2.09. The number of amides is 3. The molecule has 0 unspecified atom stereocenters. The first-order chi connectivity index (χ1) is 14.7. The second-order valence-electron chi connectivity index (χ2n) is 6.80. The summed E-state index contributed by atoms with van der Waals surface area (Å²) in [5, 5.41) is 5.05. The number of sulfone groups is 1. The summed E-state index contributed by atoms with van der Waals surface area (Å²) in [6.07, 6.45) is 1.14. The highest BCUT2D eigenvalue weighted by molar-refractivity contribution is 7.91. The molecule has 1 heterocycles. The number of hydrogen-bond acceptors (Lipinski definition) is 8. The topological polar surface area (TPSA) is 128 Å². The zero-order chi connectivity index (χ0) is 22.6. The largest absolute Gasteiger partial charge is 0.497 e. The lowest BCUT2D eigenvalue weighted by atomic mass is 10.1. The molecule has 0 saturated carbocycles. The monoisotopic (exact) mass is 466 g/mol. The molecule has 0 bridgehead atoms. The molecule has 31 heavy (non-hydrogen) atoms. The number of aryl methyl sites for hydroxylation is 1. The van der Waals surface area contributed by atoms with Crippen molar-refractivity contribution in [1.82, 2.24) is 5.32 Å². The molecule has 1 aliphatic carbocycles. The van der Waals surface area contributed by atoms with E-state index in [1.54, 1.807) is 0 Å². The highest BCUT2D eigenvalue weighted by Gasteiger charge is 2.28. The molecule has 0 fully saturated rings. The predicted octanol–water partition coefficient (Wildman–Crippen LogP) is 2.54. The number of carbonyl (C=O) groups is 3. The number of methoxy groups -OCH3 is 2. The first-order valence-corrected chi connectivity index (χ1v) is 11.9. The molecule has 9 nitrogen and oxygen atoms in total. The Morgan fingerprint density at radius 2 is 1.81 bits per heavy atom. The summed E-state index contributed by atoms with van der Waals surface area (Å²) in [4.78, 5) is 37.5. The van der Waals surface area contributed by atoms with Crippen LogP contribution in [0.2, 0.25) is 0 Å². The van der Waals surface area contributed by atoms with Crippen molar-refractivity contribution in [2.75, 3.05) is 25.3 Å². The second kappa shape index (κ2) is 9.48. The number of ether oxygens (including phenoxy) is 2. The molecule has 166 valence electrons. The van der Waals surface area contributed by atoms with E-state index in [2.05, 4.69) is 15.4 Å². The Balaban J connectivity index is 1.70. The number of imide groups is 1. The summed E-state index contributed by atoms with van der Waals surface area (Å²) in [7, 11) is -1.04. The lowest BCUT2D eigenvalue weighted by Crippen LogP contribution is -2.31. The second-order valence-corrected chi connectivity index (χ2v) is 10.0. The van der Waals surface area contributed by atoms with Crippen molar-refractivity contribution < 1.29 is 32.3 Å². The first-order valence-electron chi connectivity index (χ1n) is 9.45. The van der Waals surface area contributed by atoms with Crippen LogP contribution in [0.3, 0.4) is 0 Å². The maximum absolute atomic E-state index is 12.5. The molecule has 3 amide bonds. The van der Waals surface area contributed by atoms with Crippen molar-refractivity contribution in [2.45, 2.75) is 30.6 Å². The van der Waals surface area contributed by atoms with E-state index < -0.39 is 27.7 Å². The normalized spacial score (nSPS) is 12.7. The molecule has 2 N–H and O–H groups in total. The van der Waals surface area contributed by atoms with Crippen molar-refractivity contribution in [1.29, 1.82) is 0 Å². The van der Waals surface area contributed by atoms with E-state index in [9.17, 15) is 22.8 Å². The van der Waals surface area contributed by atoms with E-state index in [0.717, 1.165) is 30.4 Å². The van der Waals surface area contributed by atoms with E-state index in [0.29, 0.717) is 17.2 Å².